The van der Waals surface area contributed by atoms with Crippen LogP contribution < -0.4 is 16.1 Å². The summed E-state index contributed by atoms with van der Waals surface area (Å²) < 4.78 is 1.12. The SMILES string of the molecule is CC(C)(C)Nc1nc(NCc2ccccc2)nc(N/N=C/c2ccccc2I)n1. The smallest absolute Gasteiger partial charge is 0.250 e. The number of hydrogen-bond donors (Lipinski definition) is 3. The number of nitrogens with one attached hydrogen (secondary N) is 3. The molecule has 1 aromatic heterocycles. The van der Waals surface area contributed by atoms with Gasteiger partial charge in [0, 0.05) is 21.2 Å². The van der Waals surface area contributed by atoms with E-state index in [1.807, 2.05) is 54.6 Å². The first-order valence-corrected chi connectivity index (χ1v) is 10.3. The largest absolute Gasteiger partial charge is 0.350 e. The first-order valence-electron chi connectivity index (χ1n) is 9.25. The van der Waals surface area contributed by atoms with E-state index in [1.54, 1.807) is 6.21 Å². The maximum Gasteiger partial charge on any atom is 0.250 e. The highest BCUT2D eigenvalue weighted by atomic mass is 127. The molecule has 0 fully saturated rings. The predicted octanol–water partition coefficient (Wildman–Crippen LogP) is 4.74. The molecule has 3 rings (SSSR count). The van der Waals surface area contributed by atoms with E-state index in [-0.39, 0.29) is 5.54 Å². The molecule has 1 heterocycles. The normalized spacial score (nSPS) is 11.4. The summed E-state index contributed by atoms with van der Waals surface area (Å²) in [6.07, 6.45) is 1.75. The summed E-state index contributed by atoms with van der Waals surface area (Å²) >= 11 is 2.28. The molecule has 0 saturated heterocycles. The van der Waals surface area contributed by atoms with E-state index in [9.17, 15) is 0 Å². The lowest BCUT2D eigenvalue weighted by molar-refractivity contribution is 0.625. The summed E-state index contributed by atoms with van der Waals surface area (Å²) in [7, 11) is 0. The molecule has 8 heteroatoms. The minimum atomic E-state index is -0.182. The first-order chi connectivity index (χ1) is 13.9. The third kappa shape index (κ3) is 6.97. The Morgan fingerprint density at radius 2 is 1.55 bits per heavy atom. The van der Waals surface area contributed by atoms with Crippen molar-refractivity contribution in [2.75, 3.05) is 16.1 Å². The average molecular weight is 501 g/mol. The van der Waals surface area contributed by atoms with E-state index in [0.29, 0.717) is 24.4 Å². The molecule has 0 aliphatic rings. The fraction of sp³-hybridized carbons (Fsp3) is 0.238. The maximum absolute atomic E-state index is 4.48. The van der Waals surface area contributed by atoms with Crippen molar-refractivity contribution in [2.24, 2.45) is 5.10 Å². The van der Waals surface area contributed by atoms with Crippen LogP contribution in [-0.4, -0.2) is 26.7 Å². The number of benzene rings is 2. The third-order valence-corrected chi connectivity index (χ3v) is 4.67. The van der Waals surface area contributed by atoms with Crippen LogP contribution in [-0.2, 0) is 6.54 Å². The summed E-state index contributed by atoms with van der Waals surface area (Å²) in [5.41, 5.74) is 4.89. The number of rotatable bonds is 7. The molecule has 0 unspecified atom stereocenters. The number of nitrogens with zero attached hydrogens (tertiary/aromatic N) is 4. The molecule has 150 valence electrons. The van der Waals surface area contributed by atoms with Crippen molar-refractivity contribution in [1.29, 1.82) is 0 Å². The van der Waals surface area contributed by atoms with Crippen LogP contribution in [0.25, 0.3) is 0 Å². The molecular weight excluding hydrogens is 477 g/mol. The van der Waals surface area contributed by atoms with Crippen LogP contribution >= 0.6 is 22.6 Å². The lowest BCUT2D eigenvalue weighted by atomic mass is 10.1. The van der Waals surface area contributed by atoms with Gasteiger partial charge in [-0.1, -0.05) is 48.5 Å². The highest BCUT2D eigenvalue weighted by Crippen LogP contribution is 2.15. The zero-order valence-electron chi connectivity index (χ0n) is 16.6. The summed E-state index contributed by atoms with van der Waals surface area (Å²) in [6, 6.07) is 18.1. The van der Waals surface area contributed by atoms with E-state index in [0.717, 1.165) is 14.7 Å². The Morgan fingerprint density at radius 1 is 0.897 bits per heavy atom. The molecule has 0 bridgehead atoms. The van der Waals surface area contributed by atoms with Crippen molar-refractivity contribution in [1.82, 2.24) is 15.0 Å². The zero-order chi connectivity index (χ0) is 20.7. The predicted molar refractivity (Wildman–Crippen MR) is 127 cm³/mol. The molecule has 0 radical (unpaired) electrons. The molecule has 0 saturated carbocycles. The molecule has 0 aliphatic carbocycles. The van der Waals surface area contributed by atoms with Gasteiger partial charge in [0.1, 0.15) is 0 Å². The lowest BCUT2D eigenvalue weighted by Crippen LogP contribution is -2.28. The minimum Gasteiger partial charge on any atom is -0.350 e. The lowest BCUT2D eigenvalue weighted by Gasteiger charge is -2.20. The van der Waals surface area contributed by atoms with Gasteiger partial charge in [0.05, 0.1) is 6.21 Å². The van der Waals surface area contributed by atoms with Gasteiger partial charge in [0.25, 0.3) is 0 Å². The Bertz CT molecular complexity index is 968. The Labute approximate surface area is 184 Å². The quantitative estimate of drug-likeness (QED) is 0.246. The van der Waals surface area contributed by atoms with Gasteiger partial charge in [0.15, 0.2) is 0 Å². The van der Waals surface area contributed by atoms with Crippen LogP contribution in [0.15, 0.2) is 59.7 Å². The third-order valence-electron chi connectivity index (χ3n) is 3.69. The average Bonchev–Trinajstić information content (AvgIpc) is 2.67. The van der Waals surface area contributed by atoms with E-state index < -0.39 is 0 Å². The van der Waals surface area contributed by atoms with Crippen LogP contribution in [0.4, 0.5) is 17.8 Å². The second-order valence-corrected chi connectivity index (χ2v) is 8.57. The molecule has 7 nitrogen and oxygen atoms in total. The van der Waals surface area contributed by atoms with Crippen LogP contribution in [0.3, 0.4) is 0 Å². The molecule has 0 spiro atoms. The molecule has 0 aliphatic heterocycles. The molecule has 29 heavy (non-hydrogen) atoms. The topological polar surface area (TPSA) is 87.1 Å². The summed E-state index contributed by atoms with van der Waals surface area (Å²) in [5.74, 6) is 1.32. The summed E-state index contributed by atoms with van der Waals surface area (Å²) in [5, 5.41) is 10.8. The van der Waals surface area contributed by atoms with Crippen LogP contribution in [0.5, 0.6) is 0 Å². The van der Waals surface area contributed by atoms with E-state index in [2.05, 4.69) is 79.5 Å². The minimum absolute atomic E-state index is 0.182. The van der Waals surface area contributed by atoms with Crippen molar-refractivity contribution in [2.45, 2.75) is 32.9 Å². The van der Waals surface area contributed by atoms with E-state index in [4.69, 9.17) is 0 Å². The molecule has 0 amide bonds. The highest BCUT2D eigenvalue weighted by Gasteiger charge is 2.14. The van der Waals surface area contributed by atoms with Crippen LogP contribution in [0.2, 0.25) is 0 Å². The fourth-order valence-corrected chi connectivity index (χ4v) is 2.94. The Balaban J connectivity index is 1.77. The molecule has 3 N–H and O–H groups in total. The van der Waals surface area contributed by atoms with Crippen molar-refractivity contribution in [3.63, 3.8) is 0 Å². The van der Waals surface area contributed by atoms with Gasteiger partial charge in [-0.3, -0.25) is 0 Å². The summed E-state index contributed by atoms with van der Waals surface area (Å²) in [4.78, 5) is 13.3. The van der Waals surface area contributed by atoms with Crippen molar-refractivity contribution in [3.05, 3.63) is 69.3 Å². The highest BCUT2D eigenvalue weighted by molar-refractivity contribution is 14.1. The van der Waals surface area contributed by atoms with Gasteiger partial charge < -0.3 is 10.6 Å². The standard InChI is InChI=1S/C21H24IN7/c1-21(2,3)28-19-25-18(23-13-15-9-5-4-6-10-15)26-20(27-19)29-24-14-16-11-7-8-12-17(16)22/h4-12,14H,13H2,1-3H3,(H3,23,25,26,27,28,29)/b24-14+. The second-order valence-electron chi connectivity index (χ2n) is 7.41. The molecular formula is C21H24IN7. The van der Waals surface area contributed by atoms with Gasteiger partial charge in [-0.25, -0.2) is 5.43 Å². The van der Waals surface area contributed by atoms with Crippen LogP contribution in [0, 0.1) is 3.57 Å². The first kappa shape index (κ1) is 21.0. The van der Waals surface area contributed by atoms with Gasteiger partial charge >= 0.3 is 0 Å². The van der Waals surface area contributed by atoms with Crippen molar-refractivity contribution in [3.8, 4) is 0 Å². The summed E-state index contributed by atoms with van der Waals surface area (Å²) in [6.45, 7) is 6.77. The van der Waals surface area contributed by atoms with E-state index in [1.165, 1.54) is 0 Å². The zero-order valence-corrected chi connectivity index (χ0v) is 18.8. The molecule has 0 atom stereocenters. The fourth-order valence-electron chi connectivity index (χ4n) is 2.41. The number of anilines is 3. The maximum atomic E-state index is 4.48. The van der Waals surface area contributed by atoms with E-state index >= 15 is 0 Å². The van der Waals surface area contributed by atoms with Gasteiger partial charge in [-0.2, -0.15) is 20.1 Å². The molecule has 2 aromatic carbocycles. The number of halogens is 1. The Hall–Kier alpha value is -2.75. The number of hydrazone groups is 1. The number of hydrogen-bond acceptors (Lipinski definition) is 7. The number of aromatic nitrogens is 3. The Morgan fingerprint density at radius 3 is 2.28 bits per heavy atom. The van der Waals surface area contributed by atoms with Gasteiger partial charge in [-0.15, -0.1) is 0 Å². The van der Waals surface area contributed by atoms with Crippen molar-refractivity contribution >= 4 is 46.7 Å². The van der Waals surface area contributed by atoms with Crippen molar-refractivity contribution < 1.29 is 0 Å². The van der Waals surface area contributed by atoms with Crippen LogP contribution in [0.1, 0.15) is 31.9 Å². The monoisotopic (exact) mass is 501 g/mol. The van der Waals surface area contributed by atoms with Gasteiger partial charge in [0.2, 0.25) is 17.8 Å². The van der Waals surface area contributed by atoms with Gasteiger partial charge in [-0.05, 0) is 55.0 Å². The second kappa shape index (κ2) is 9.64. The Kier molecular flexibility index (Phi) is 6.97. The molecule has 3 aromatic rings.